The second kappa shape index (κ2) is 4.90. The number of fused-ring (bicyclic) bond motifs is 1. The molecule has 0 unspecified atom stereocenters. The van der Waals surface area contributed by atoms with Crippen molar-refractivity contribution < 1.29 is 18.6 Å². The molecule has 1 aromatic heterocycles. The molecule has 1 aromatic carbocycles. The number of hydrogen-bond donors (Lipinski definition) is 1. The van der Waals surface area contributed by atoms with Crippen LogP contribution >= 0.6 is 0 Å². The van der Waals surface area contributed by atoms with Gasteiger partial charge in [0, 0.05) is 0 Å². The molecule has 13 heavy (non-hydrogen) atoms. The second-order valence-corrected chi connectivity index (χ2v) is 2.34. The minimum absolute atomic E-state index is 0. The molecule has 2 nitrogen and oxygen atoms in total. The SMILES string of the molecule is Nc1ccc2ccc[c-]c2n1.[CH3-].[V+2]. The molecule has 2 aromatic rings. The van der Waals surface area contributed by atoms with Crippen molar-refractivity contribution in [3.05, 3.63) is 43.8 Å². The Morgan fingerprint density at radius 1 is 1.23 bits per heavy atom. The van der Waals surface area contributed by atoms with E-state index in [0.29, 0.717) is 5.82 Å². The van der Waals surface area contributed by atoms with Crippen molar-refractivity contribution in [2.24, 2.45) is 0 Å². The summed E-state index contributed by atoms with van der Waals surface area (Å²) in [7, 11) is 0. The first-order valence-corrected chi connectivity index (χ1v) is 3.39. The standard InChI is InChI=1S/C9H7N2.CH3.V/c10-9-6-5-7-3-1-2-4-8(7)11-9;;/h1-3,5-6H,(H2,10,11);1H3;/q2*-1;+2. The smallest absolute Gasteiger partial charge is 0.384 e. The Kier molecular flexibility index (Phi) is 4.53. The first kappa shape index (κ1) is 12.0. The molecule has 0 aliphatic heterocycles. The molecule has 0 saturated heterocycles. The van der Waals surface area contributed by atoms with E-state index in [1.165, 1.54) is 0 Å². The molecule has 0 bridgehead atoms. The average molecular weight is 209 g/mol. The molecular formula is C10H10N2V. The summed E-state index contributed by atoms with van der Waals surface area (Å²) in [5, 5.41) is 1.07. The van der Waals surface area contributed by atoms with Crippen molar-refractivity contribution in [2.75, 3.05) is 5.73 Å². The van der Waals surface area contributed by atoms with Gasteiger partial charge in [-0.2, -0.15) is 24.3 Å². The molecule has 0 spiro atoms. The van der Waals surface area contributed by atoms with Gasteiger partial charge in [-0.25, -0.2) is 0 Å². The van der Waals surface area contributed by atoms with E-state index in [-0.39, 0.29) is 26.0 Å². The fraction of sp³-hybridized carbons (Fsp3) is 0. The van der Waals surface area contributed by atoms with Gasteiger partial charge in [-0.3, -0.25) is 4.98 Å². The maximum absolute atomic E-state index is 5.49. The number of nitrogen functional groups attached to an aromatic ring is 1. The predicted octanol–water partition coefficient (Wildman–Crippen LogP) is 2.06. The van der Waals surface area contributed by atoms with Crippen molar-refractivity contribution in [1.82, 2.24) is 4.98 Å². The Morgan fingerprint density at radius 2 is 2.00 bits per heavy atom. The van der Waals surface area contributed by atoms with Gasteiger partial charge in [-0.1, -0.05) is 0 Å². The minimum atomic E-state index is 0. The molecule has 1 heterocycles. The number of nitrogens with zero attached hydrogens (tertiary/aromatic N) is 1. The van der Waals surface area contributed by atoms with Gasteiger partial charge in [-0.05, 0) is 11.6 Å². The Morgan fingerprint density at radius 3 is 2.77 bits per heavy atom. The van der Waals surface area contributed by atoms with Crippen LogP contribution in [0.25, 0.3) is 10.9 Å². The van der Waals surface area contributed by atoms with E-state index < -0.39 is 0 Å². The molecule has 65 valence electrons. The van der Waals surface area contributed by atoms with E-state index in [0.717, 1.165) is 10.9 Å². The molecule has 0 amide bonds. The summed E-state index contributed by atoms with van der Waals surface area (Å²) < 4.78 is 0. The van der Waals surface area contributed by atoms with Crippen LogP contribution in [-0.2, 0) is 18.6 Å². The maximum atomic E-state index is 5.49. The van der Waals surface area contributed by atoms with Gasteiger partial charge < -0.3 is 13.2 Å². The van der Waals surface area contributed by atoms with Crippen LogP contribution in [0.5, 0.6) is 0 Å². The Labute approximate surface area is 90.1 Å². The van der Waals surface area contributed by atoms with E-state index in [9.17, 15) is 0 Å². The zero-order chi connectivity index (χ0) is 7.68. The van der Waals surface area contributed by atoms with Gasteiger partial charge in [0.25, 0.3) is 0 Å². The molecule has 1 radical (unpaired) electrons. The van der Waals surface area contributed by atoms with Crippen LogP contribution in [-0.4, -0.2) is 4.98 Å². The zero-order valence-electron chi connectivity index (χ0n) is 7.36. The van der Waals surface area contributed by atoms with Gasteiger partial charge in [0.05, 0.1) is 0 Å². The first-order valence-electron chi connectivity index (χ1n) is 3.39. The number of rotatable bonds is 0. The number of pyridine rings is 1. The molecule has 0 saturated carbocycles. The summed E-state index contributed by atoms with van der Waals surface area (Å²) >= 11 is 0. The summed E-state index contributed by atoms with van der Waals surface area (Å²) in [6.45, 7) is 0. The topological polar surface area (TPSA) is 38.9 Å². The van der Waals surface area contributed by atoms with E-state index in [1.54, 1.807) is 6.07 Å². The zero-order valence-corrected chi connectivity index (χ0v) is 8.76. The maximum Gasteiger partial charge on any atom is 2.00 e. The first-order chi connectivity index (χ1) is 5.36. The molecule has 0 aliphatic carbocycles. The Hall–Kier alpha value is -0.986. The van der Waals surface area contributed by atoms with Crippen LogP contribution in [0, 0.1) is 13.5 Å². The summed E-state index contributed by atoms with van der Waals surface area (Å²) in [4.78, 5) is 4.10. The quantitative estimate of drug-likeness (QED) is 0.674. The van der Waals surface area contributed by atoms with Crippen LogP contribution in [0.3, 0.4) is 0 Å². The summed E-state index contributed by atoms with van der Waals surface area (Å²) in [5.74, 6) is 0.542. The van der Waals surface area contributed by atoms with Crippen LogP contribution in [0.15, 0.2) is 30.3 Å². The van der Waals surface area contributed by atoms with E-state index >= 15 is 0 Å². The third-order valence-electron chi connectivity index (χ3n) is 1.54. The van der Waals surface area contributed by atoms with Crippen molar-refractivity contribution in [3.63, 3.8) is 0 Å². The summed E-state index contributed by atoms with van der Waals surface area (Å²) in [6, 6.07) is 12.5. The van der Waals surface area contributed by atoms with E-state index in [2.05, 4.69) is 11.1 Å². The fourth-order valence-electron chi connectivity index (χ4n) is 1.01. The number of aromatic nitrogens is 1. The van der Waals surface area contributed by atoms with Gasteiger partial charge >= 0.3 is 18.6 Å². The number of hydrogen-bond acceptors (Lipinski definition) is 2. The Bertz CT molecular complexity index is 387. The number of benzene rings is 1. The molecule has 2 rings (SSSR count). The van der Waals surface area contributed by atoms with E-state index in [1.807, 2.05) is 24.3 Å². The molecule has 0 aliphatic rings. The molecular weight excluding hydrogens is 199 g/mol. The average Bonchev–Trinajstić information content (AvgIpc) is 2.04. The van der Waals surface area contributed by atoms with Crippen LogP contribution in [0.2, 0.25) is 0 Å². The largest absolute Gasteiger partial charge is 2.00 e. The molecule has 0 fully saturated rings. The third kappa shape index (κ3) is 2.48. The predicted molar refractivity (Wildman–Crippen MR) is 51.4 cm³/mol. The van der Waals surface area contributed by atoms with Gasteiger partial charge in [0.2, 0.25) is 0 Å². The summed E-state index contributed by atoms with van der Waals surface area (Å²) in [5.41, 5.74) is 6.32. The van der Waals surface area contributed by atoms with Gasteiger partial charge in [-0.15, -0.1) is 11.5 Å². The van der Waals surface area contributed by atoms with Gasteiger partial charge in [0.15, 0.2) is 0 Å². The van der Waals surface area contributed by atoms with Crippen molar-refractivity contribution in [3.8, 4) is 0 Å². The van der Waals surface area contributed by atoms with Crippen LogP contribution in [0.4, 0.5) is 5.82 Å². The monoisotopic (exact) mass is 209 g/mol. The summed E-state index contributed by atoms with van der Waals surface area (Å²) in [6.07, 6.45) is 0. The number of para-hydroxylation sites is 1. The number of anilines is 1. The van der Waals surface area contributed by atoms with Crippen molar-refractivity contribution in [1.29, 1.82) is 0 Å². The molecule has 3 heteroatoms. The van der Waals surface area contributed by atoms with E-state index in [4.69, 9.17) is 5.73 Å². The van der Waals surface area contributed by atoms with Gasteiger partial charge in [0.1, 0.15) is 5.82 Å². The van der Waals surface area contributed by atoms with Crippen LogP contribution in [0.1, 0.15) is 0 Å². The third-order valence-corrected chi connectivity index (χ3v) is 1.54. The normalized spacial score (nSPS) is 8.62. The fourth-order valence-corrected chi connectivity index (χ4v) is 1.01. The molecule has 2 N–H and O–H groups in total. The Balaban J connectivity index is 0.000000720. The molecule has 0 atom stereocenters. The van der Waals surface area contributed by atoms with Crippen molar-refractivity contribution in [2.45, 2.75) is 0 Å². The minimum Gasteiger partial charge on any atom is -0.384 e. The number of nitrogens with two attached hydrogens (primary N) is 1. The second-order valence-electron chi connectivity index (χ2n) is 2.34. The van der Waals surface area contributed by atoms with Crippen molar-refractivity contribution >= 4 is 16.7 Å². The van der Waals surface area contributed by atoms with Crippen LogP contribution < -0.4 is 5.73 Å².